The number of rotatable bonds is 8. The van der Waals surface area contributed by atoms with Crippen molar-refractivity contribution in [1.82, 2.24) is 0 Å². The molecule has 0 spiro atoms. The lowest BCUT2D eigenvalue weighted by molar-refractivity contribution is -0.150. The minimum Gasteiger partial charge on any atom is -0.457 e. The molecule has 0 aliphatic rings. The molecule has 0 aromatic heterocycles. The Morgan fingerprint density at radius 3 is 2.28 bits per heavy atom. The van der Waals surface area contributed by atoms with E-state index in [0.29, 0.717) is 11.6 Å². The van der Waals surface area contributed by atoms with Gasteiger partial charge >= 0.3 is 5.97 Å². The Morgan fingerprint density at radius 1 is 1.16 bits per heavy atom. The number of methoxy groups -OCH3 is 1. The van der Waals surface area contributed by atoms with Crippen LogP contribution in [0.25, 0.3) is 0 Å². The normalized spacial score (nSPS) is 12.9. The molecule has 1 aromatic carbocycles. The molecule has 8 heteroatoms. The Bertz CT molecular complexity index is 702. The van der Waals surface area contributed by atoms with Gasteiger partial charge in [0.1, 0.15) is 5.60 Å². The summed E-state index contributed by atoms with van der Waals surface area (Å²) in [5.74, 6) is -0.748. The molecule has 0 aliphatic heterocycles. The summed E-state index contributed by atoms with van der Waals surface area (Å²) in [6.07, 6.45) is 0. The highest BCUT2D eigenvalue weighted by atomic mass is 35.5. The minimum atomic E-state index is -3.85. The molecule has 0 atom stereocenters. The number of sulfone groups is 1. The maximum atomic E-state index is 12.5. The van der Waals surface area contributed by atoms with Crippen molar-refractivity contribution in [3.8, 4) is 0 Å². The zero-order valence-electron chi connectivity index (χ0n) is 14.7. The molecule has 1 rings (SSSR count). The number of carbonyl (C=O) groups is 1. The molecule has 0 unspecified atom stereocenters. The first-order chi connectivity index (χ1) is 11.5. The molecule has 140 valence electrons. The van der Waals surface area contributed by atoms with E-state index in [1.54, 1.807) is 20.8 Å². The van der Waals surface area contributed by atoms with Gasteiger partial charge in [-0.25, -0.2) is 13.2 Å². The largest absolute Gasteiger partial charge is 0.457 e. The third-order valence-electron chi connectivity index (χ3n) is 2.79. The molecule has 0 fully saturated rings. The van der Waals surface area contributed by atoms with Gasteiger partial charge in [-0.1, -0.05) is 11.6 Å². The molecule has 0 saturated carbocycles. The minimum absolute atomic E-state index is 0.0230. The number of ether oxygens (including phenoxy) is 3. The molecular weight excluding hydrogens is 368 g/mol. The highest BCUT2D eigenvalue weighted by molar-refractivity contribution is 7.94. The summed E-state index contributed by atoms with van der Waals surface area (Å²) in [6, 6.07) is 5.66. The number of halogens is 1. The van der Waals surface area contributed by atoms with Crippen molar-refractivity contribution in [3.63, 3.8) is 0 Å². The fourth-order valence-electron chi connectivity index (χ4n) is 1.69. The molecule has 25 heavy (non-hydrogen) atoms. The molecule has 0 N–H and O–H groups in total. The van der Waals surface area contributed by atoms with Gasteiger partial charge in [-0.05, 0) is 45.0 Å². The predicted octanol–water partition coefficient (Wildman–Crippen LogP) is 3.00. The van der Waals surface area contributed by atoms with Gasteiger partial charge in [-0.2, -0.15) is 0 Å². The van der Waals surface area contributed by atoms with E-state index in [-0.39, 0.29) is 23.7 Å². The number of carbonyl (C=O) groups excluding carboxylic acids is 1. The first-order valence-corrected chi connectivity index (χ1v) is 9.49. The van der Waals surface area contributed by atoms with Crippen molar-refractivity contribution in [3.05, 3.63) is 40.3 Å². The molecular formula is C17H23ClO6S. The van der Waals surface area contributed by atoms with E-state index in [2.05, 4.69) is 0 Å². The second-order valence-electron chi connectivity index (χ2n) is 6.19. The summed E-state index contributed by atoms with van der Waals surface area (Å²) in [7, 11) is -2.34. The standard InChI is InChI=1S/C17H23ClO6S/c1-17(2,3)24-16(19)13(11-23-10-9-22-4)12-25(20,21)15-7-5-14(18)6-8-15/h5-8,12H,9-11H2,1-4H3. The first-order valence-electron chi connectivity index (χ1n) is 7.56. The Hall–Kier alpha value is -1.41. The third kappa shape index (κ3) is 8.00. The fraction of sp³-hybridized carbons (Fsp3) is 0.471. The van der Waals surface area contributed by atoms with Gasteiger partial charge in [0.15, 0.2) is 9.84 Å². The summed E-state index contributed by atoms with van der Waals surface area (Å²) < 4.78 is 40.4. The van der Waals surface area contributed by atoms with Crippen LogP contribution in [0, 0.1) is 0 Å². The van der Waals surface area contributed by atoms with Crippen LogP contribution in [0.3, 0.4) is 0 Å². The lowest BCUT2D eigenvalue weighted by atomic mass is 10.2. The maximum Gasteiger partial charge on any atom is 0.337 e. The van der Waals surface area contributed by atoms with Crippen LogP contribution in [0.15, 0.2) is 40.1 Å². The van der Waals surface area contributed by atoms with E-state index >= 15 is 0 Å². The maximum absolute atomic E-state index is 12.5. The average Bonchev–Trinajstić information content (AvgIpc) is 2.49. The molecule has 0 bridgehead atoms. The van der Waals surface area contributed by atoms with E-state index < -0.39 is 21.4 Å². The number of benzene rings is 1. The zero-order valence-corrected chi connectivity index (χ0v) is 16.3. The van der Waals surface area contributed by atoms with Crippen molar-refractivity contribution in [1.29, 1.82) is 0 Å². The highest BCUT2D eigenvalue weighted by Crippen LogP contribution is 2.19. The van der Waals surface area contributed by atoms with Gasteiger partial charge in [0.05, 0.1) is 30.3 Å². The monoisotopic (exact) mass is 390 g/mol. The summed E-state index contributed by atoms with van der Waals surface area (Å²) in [5.41, 5.74) is -0.854. The van der Waals surface area contributed by atoms with Crippen molar-refractivity contribution in [2.45, 2.75) is 31.3 Å². The predicted molar refractivity (Wildman–Crippen MR) is 95.3 cm³/mol. The van der Waals surface area contributed by atoms with E-state index in [9.17, 15) is 13.2 Å². The molecule has 0 aliphatic carbocycles. The zero-order chi connectivity index (χ0) is 19.1. The Kier molecular flexibility index (Phi) is 8.08. The van der Waals surface area contributed by atoms with Gasteiger partial charge in [0.2, 0.25) is 0 Å². The fourth-order valence-corrected chi connectivity index (χ4v) is 3.01. The third-order valence-corrected chi connectivity index (χ3v) is 4.57. The average molecular weight is 391 g/mol. The number of hydrogen-bond donors (Lipinski definition) is 0. The Labute approximate surface area is 153 Å². The second-order valence-corrected chi connectivity index (χ2v) is 8.42. The van der Waals surface area contributed by atoms with E-state index in [4.69, 9.17) is 25.8 Å². The molecule has 0 saturated heterocycles. The van der Waals surface area contributed by atoms with Crippen molar-refractivity contribution < 1.29 is 27.4 Å². The van der Waals surface area contributed by atoms with Crippen LogP contribution in [0.1, 0.15) is 20.8 Å². The molecule has 0 heterocycles. The summed E-state index contributed by atoms with van der Waals surface area (Å²) in [4.78, 5) is 12.3. The highest BCUT2D eigenvalue weighted by Gasteiger charge is 2.23. The van der Waals surface area contributed by atoms with Gasteiger partial charge in [-0.15, -0.1) is 0 Å². The first kappa shape index (κ1) is 21.6. The lowest BCUT2D eigenvalue weighted by Crippen LogP contribution is -2.26. The van der Waals surface area contributed by atoms with E-state index in [1.165, 1.54) is 31.4 Å². The lowest BCUT2D eigenvalue weighted by Gasteiger charge is -2.20. The Morgan fingerprint density at radius 2 is 1.76 bits per heavy atom. The van der Waals surface area contributed by atoms with Crippen LogP contribution in [-0.4, -0.2) is 46.9 Å². The van der Waals surface area contributed by atoms with Gasteiger partial charge < -0.3 is 14.2 Å². The number of esters is 1. The van der Waals surface area contributed by atoms with Gasteiger partial charge in [0.25, 0.3) is 0 Å². The second kappa shape index (κ2) is 9.33. The van der Waals surface area contributed by atoms with Crippen LogP contribution in [0.2, 0.25) is 5.02 Å². The van der Waals surface area contributed by atoms with E-state index in [1.807, 2.05) is 0 Å². The van der Waals surface area contributed by atoms with E-state index in [0.717, 1.165) is 5.41 Å². The number of hydrogen-bond acceptors (Lipinski definition) is 6. The summed E-state index contributed by atoms with van der Waals surface area (Å²) in [6.45, 7) is 5.43. The van der Waals surface area contributed by atoms with Gasteiger partial charge in [-0.3, -0.25) is 0 Å². The quantitative estimate of drug-likeness (QED) is 0.385. The van der Waals surface area contributed by atoms with Gasteiger partial charge in [0, 0.05) is 17.5 Å². The topological polar surface area (TPSA) is 78.9 Å². The summed E-state index contributed by atoms with van der Waals surface area (Å²) >= 11 is 5.77. The van der Waals surface area contributed by atoms with Crippen LogP contribution < -0.4 is 0 Å². The smallest absolute Gasteiger partial charge is 0.337 e. The van der Waals surface area contributed by atoms with Crippen LogP contribution >= 0.6 is 11.6 Å². The van der Waals surface area contributed by atoms with Crippen LogP contribution in [0.4, 0.5) is 0 Å². The molecule has 0 amide bonds. The van der Waals surface area contributed by atoms with Crippen molar-refractivity contribution in [2.24, 2.45) is 0 Å². The molecule has 6 nitrogen and oxygen atoms in total. The molecule has 1 aromatic rings. The summed E-state index contributed by atoms with van der Waals surface area (Å²) in [5, 5.41) is 1.29. The van der Waals surface area contributed by atoms with Crippen LogP contribution in [0.5, 0.6) is 0 Å². The Balaban J connectivity index is 3.08. The molecule has 0 radical (unpaired) electrons. The SMILES string of the molecule is COCCOCC(=CS(=O)(=O)c1ccc(Cl)cc1)C(=O)OC(C)(C)C. The van der Waals surface area contributed by atoms with Crippen molar-refractivity contribution in [2.75, 3.05) is 26.9 Å². The van der Waals surface area contributed by atoms with Crippen LogP contribution in [-0.2, 0) is 28.8 Å². The van der Waals surface area contributed by atoms with Crippen molar-refractivity contribution >= 4 is 27.4 Å².